The predicted molar refractivity (Wildman–Crippen MR) is 193 cm³/mol. The van der Waals surface area contributed by atoms with Gasteiger partial charge in [0.1, 0.15) is 41.7 Å². The van der Waals surface area contributed by atoms with Gasteiger partial charge in [-0.15, -0.1) is 0 Å². The maximum atomic E-state index is 13.8. The number of carbonyl (C=O) groups is 7. The summed E-state index contributed by atoms with van der Waals surface area (Å²) >= 11 is 0. The topological polar surface area (TPSA) is 292 Å². The summed E-state index contributed by atoms with van der Waals surface area (Å²) in [4.78, 5) is 90.4. The first-order valence-corrected chi connectivity index (χ1v) is 17.1. The standard InChI is InChI=1S/C36H51N7O10/c1-18(2)29(38)34(50)41-27(17-22-8-12-24(45)13-9-22)33(49)40-25(14-15-28(37)46)31(47)43-30(19(3)4)35(51)42-26(32(48)39-20(5)36(52)53)16-21-6-10-23(44)11-7-21/h6-13,18-20,25-27,29-30,44-45H,14-17,38H2,1-5H3,(H2,37,46)(H,39,48)(H,40,49)(H,41,50)(H,42,51)(H,43,47)(H,52,53)/t20-,25+,26+,27+,29+,30+/m1/s1. The number of rotatable bonds is 20. The third-order valence-corrected chi connectivity index (χ3v) is 8.33. The Bertz CT molecular complexity index is 1600. The minimum atomic E-state index is -1.42. The molecule has 2 aromatic rings. The molecule has 6 amide bonds. The number of hydrogen-bond acceptors (Lipinski definition) is 10. The van der Waals surface area contributed by atoms with Crippen LogP contribution in [0.15, 0.2) is 48.5 Å². The van der Waals surface area contributed by atoms with Crippen molar-refractivity contribution in [3.05, 3.63) is 59.7 Å². The highest BCUT2D eigenvalue weighted by molar-refractivity contribution is 5.96. The number of phenols is 2. The lowest BCUT2D eigenvalue weighted by molar-refractivity contribution is -0.142. The van der Waals surface area contributed by atoms with Gasteiger partial charge in [-0.1, -0.05) is 52.0 Å². The molecule has 0 aromatic heterocycles. The van der Waals surface area contributed by atoms with Gasteiger partial charge in [-0.3, -0.25) is 33.6 Å². The van der Waals surface area contributed by atoms with Crippen LogP contribution >= 0.6 is 0 Å². The van der Waals surface area contributed by atoms with Crippen molar-refractivity contribution in [3.63, 3.8) is 0 Å². The van der Waals surface area contributed by atoms with Crippen LogP contribution in [0.5, 0.6) is 11.5 Å². The molecular weight excluding hydrogens is 690 g/mol. The molecule has 6 atom stereocenters. The molecule has 0 spiro atoms. The van der Waals surface area contributed by atoms with Crippen LogP contribution in [0, 0.1) is 11.8 Å². The van der Waals surface area contributed by atoms with Crippen LogP contribution in [0.3, 0.4) is 0 Å². The monoisotopic (exact) mass is 741 g/mol. The Hall–Kier alpha value is -5.71. The van der Waals surface area contributed by atoms with Crippen LogP contribution < -0.4 is 38.1 Å². The van der Waals surface area contributed by atoms with Crippen LogP contribution in [0.25, 0.3) is 0 Å². The molecular formula is C36H51N7O10. The molecule has 0 saturated heterocycles. The number of carboxylic acids is 1. The molecule has 0 unspecified atom stereocenters. The van der Waals surface area contributed by atoms with E-state index in [0.29, 0.717) is 11.1 Å². The van der Waals surface area contributed by atoms with Crippen LogP contribution in [-0.4, -0.2) is 93.0 Å². The predicted octanol–water partition coefficient (Wildman–Crippen LogP) is -0.684. The zero-order chi connectivity index (χ0) is 40.0. The van der Waals surface area contributed by atoms with E-state index < -0.39 is 83.6 Å². The highest BCUT2D eigenvalue weighted by Gasteiger charge is 2.34. The molecule has 17 nitrogen and oxygen atoms in total. The van der Waals surface area contributed by atoms with Crippen LogP contribution in [0.1, 0.15) is 58.6 Å². The van der Waals surface area contributed by atoms with E-state index in [2.05, 4.69) is 26.6 Å². The largest absolute Gasteiger partial charge is 0.508 e. The van der Waals surface area contributed by atoms with Crippen molar-refractivity contribution in [3.8, 4) is 11.5 Å². The fourth-order valence-electron chi connectivity index (χ4n) is 4.98. The fourth-order valence-corrected chi connectivity index (χ4v) is 4.98. The summed E-state index contributed by atoms with van der Waals surface area (Å²) in [6.45, 7) is 7.93. The SMILES string of the molecule is CC(C)[C@H](N)C(=O)N[C@@H](Cc1ccc(O)cc1)C(=O)N[C@@H](CCC(N)=O)C(=O)N[C@H](C(=O)N[C@@H](Cc1ccc(O)cc1)C(=O)N[C@H](C)C(=O)O)C(C)C. The zero-order valence-electron chi connectivity index (χ0n) is 30.4. The first-order valence-electron chi connectivity index (χ1n) is 17.1. The van der Waals surface area contributed by atoms with E-state index in [9.17, 15) is 48.9 Å². The van der Waals surface area contributed by atoms with Crippen LogP contribution in [0.4, 0.5) is 0 Å². The van der Waals surface area contributed by atoms with E-state index in [-0.39, 0.29) is 43.1 Å². The summed E-state index contributed by atoms with van der Waals surface area (Å²) in [5, 5.41) is 41.3. The van der Waals surface area contributed by atoms with Crippen molar-refractivity contribution >= 4 is 41.4 Å². The lowest BCUT2D eigenvalue weighted by Crippen LogP contribution is -2.60. The van der Waals surface area contributed by atoms with Gasteiger partial charge in [0.25, 0.3) is 0 Å². The van der Waals surface area contributed by atoms with Gasteiger partial charge in [0.2, 0.25) is 35.4 Å². The molecule has 0 aliphatic heterocycles. The number of aliphatic carboxylic acids is 1. The van der Waals surface area contributed by atoms with Crippen molar-refractivity contribution in [2.45, 2.75) is 96.6 Å². The molecule has 0 aliphatic rings. The second kappa shape index (κ2) is 20.4. The number of carbonyl (C=O) groups excluding carboxylic acids is 6. The number of nitrogens with one attached hydrogen (secondary N) is 5. The highest BCUT2D eigenvalue weighted by Crippen LogP contribution is 2.14. The molecule has 53 heavy (non-hydrogen) atoms. The van der Waals surface area contributed by atoms with Gasteiger partial charge in [0.05, 0.1) is 6.04 Å². The molecule has 12 N–H and O–H groups in total. The van der Waals surface area contributed by atoms with Gasteiger partial charge >= 0.3 is 5.97 Å². The Morgan fingerprint density at radius 1 is 0.585 bits per heavy atom. The fraction of sp³-hybridized carbons (Fsp3) is 0.472. The number of carboxylic acid groups (broad SMARTS) is 1. The maximum absolute atomic E-state index is 13.8. The molecule has 2 rings (SSSR count). The van der Waals surface area contributed by atoms with Crippen molar-refractivity contribution in [1.29, 1.82) is 0 Å². The number of phenolic OH excluding ortho intramolecular Hbond substituents is 2. The first kappa shape index (κ1) is 43.5. The Morgan fingerprint density at radius 2 is 1.00 bits per heavy atom. The second-order valence-corrected chi connectivity index (χ2v) is 13.5. The molecule has 0 fully saturated rings. The molecule has 290 valence electrons. The average molecular weight is 742 g/mol. The van der Waals surface area contributed by atoms with Gasteiger partial charge in [0, 0.05) is 19.3 Å². The zero-order valence-corrected chi connectivity index (χ0v) is 30.4. The molecule has 0 heterocycles. The highest BCUT2D eigenvalue weighted by atomic mass is 16.4. The van der Waals surface area contributed by atoms with Gasteiger partial charge in [-0.05, 0) is 60.6 Å². The van der Waals surface area contributed by atoms with Crippen LogP contribution in [-0.2, 0) is 46.4 Å². The minimum absolute atomic E-state index is 0.0188. The lowest BCUT2D eigenvalue weighted by Gasteiger charge is -2.28. The molecule has 17 heteroatoms. The van der Waals surface area contributed by atoms with Crippen molar-refractivity contribution in [2.24, 2.45) is 23.3 Å². The number of primary amides is 1. The van der Waals surface area contributed by atoms with Crippen LogP contribution in [0.2, 0.25) is 0 Å². The van der Waals surface area contributed by atoms with Gasteiger partial charge in [0.15, 0.2) is 0 Å². The van der Waals surface area contributed by atoms with Gasteiger partial charge < -0.3 is 53.4 Å². The molecule has 2 aromatic carbocycles. The number of hydrogen-bond donors (Lipinski definition) is 10. The van der Waals surface area contributed by atoms with Gasteiger partial charge in [-0.25, -0.2) is 0 Å². The molecule has 0 saturated carbocycles. The minimum Gasteiger partial charge on any atom is -0.508 e. The van der Waals surface area contributed by atoms with E-state index in [4.69, 9.17) is 11.5 Å². The number of amides is 6. The Kier molecular flexibility index (Phi) is 16.7. The molecule has 0 bridgehead atoms. The smallest absolute Gasteiger partial charge is 0.325 e. The van der Waals surface area contributed by atoms with E-state index in [1.807, 2.05) is 0 Å². The third kappa shape index (κ3) is 14.4. The first-order chi connectivity index (χ1) is 24.8. The van der Waals surface area contributed by atoms with E-state index in [0.717, 1.165) is 0 Å². The quantitative estimate of drug-likeness (QED) is 0.0811. The van der Waals surface area contributed by atoms with E-state index in [1.54, 1.807) is 39.8 Å². The second-order valence-electron chi connectivity index (χ2n) is 13.5. The van der Waals surface area contributed by atoms with E-state index >= 15 is 0 Å². The summed E-state index contributed by atoms with van der Waals surface area (Å²) < 4.78 is 0. The summed E-state index contributed by atoms with van der Waals surface area (Å²) in [6, 6.07) is 4.16. The van der Waals surface area contributed by atoms with Crippen molar-refractivity contribution in [1.82, 2.24) is 26.6 Å². The molecule has 0 aliphatic carbocycles. The Balaban J connectivity index is 2.36. The summed E-state index contributed by atoms with van der Waals surface area (Å²) in [7, 11) is 0. The summed E-state index contributed by atoms with van der Waals surface area (Å²) in [6.07, 6.45) is -0.770. The summed E-state index contributed by atoms with van der Waals surface area (Å²) in [5.41, 5.74) is 12.4. The van der Waals surface area contributed by atoms with Gasteiger partial charge in [-0.2, -0.15) is 0 Å². The Morgan fingerprint density at radius 3 is 1.42 bits per heavy atom. The summed E-state index contributed by atoms with van der Waals surface area (Å²) in [5.74, 6) is -6.93. The Labute approximate surface area is 307 Å². The third-order valence-electron chi connectivity index (χ3n) is 8.33. The maximum Gasteiger partial charge on any atom is 0.325 e. The normalized spacial score (nSPS) is 14.5. The van der Waals surface area contributed by atoms with Crippen molar-refractivity contribution < 1.29 is 48.9 Å². The molecule has 0 radical (unpaired) electrons. The van der Waals surface area contributed by atoms with E-state index in [1.165, 1.54) is 43.3 Å². The number of benzene rings is 2. The lowest BCUT2D eigenvalue weighted by atomic mass is 9.99. The van der Waals surface area contributed by atoms with Crippen molar-refractivity contribution in [2.75, 3.05) is 0 Å². The average Bonchev–Trinajstić information content (AvgIpc) is 3.09. The number of aromatic hydroxyl groups is 2. The number of nitrogens with two attached hydrogens (primary N) is 2.